The highest BCUT2D eigenvalue weighted by atomic mass is 16.5. The molecule has 0 aliphatic carbocycles. The van der Waals surface area contributed by atoms with Crippen molar-refractivity contribution in [3.05, 3.63) is 0 Å². The fourth-order valence-corrected chi connectivity index (χ4v) is 1.51. The highest BCUT2D eigenvalue weighted by Crippen LogP contribution is 2.11. The summed E-state index contributed by atoms with van der Waals surface area (Å²) in [5, 5.41) is 0. The quantitative estimate of drug-likeness (QED) is 0.478. The molecule has 1 heterocycles. The summed E-state index contributed by atoms with van der Waals surface area (Å²) in [6.45, 7) is 4.22. The summed E-state index contributed by atoms with van der Waals surface area (Å²) in [6, 6.07) is 0. The number of rotatable bonds is 7. The Morgan fingerprint density at radius 2 is 2.20 bits per heavy atom. The van der Waals surface area contributed by atoms with Crippen molar-refractivity contribution in [2.45, 2.75) is 38.7 Å². The molecule has 1 aliphatic rings. The monoisotopic (exact) mass is 216 g/mol. The molecule has 0 radical (unpaired) electrons. The topological polar surface area (TPSA) is 44.8 Å². The zero-order valence-electron chi connectivity index (χ0n) is 9.37. The van der Waals surface area contributed by atoms with Crippen molar-refractivity contribution in [3.63, 3.8) is 0 Å². The van der Waals surface area contributed by atoms with Crippen LogP contribution in [-0.2, 0) is 19.0 Å². The molecule has 0 bridgehead atoms. The first kappa shape index (κ1) is 12.5. The normalized spacial score (nSPS) is 20.5. The van der Waals surface area contributed by atoms with E-state index < -0.39 is 0 Å². The first-order chi connectivity index (χ1) is 7.29. The van der Waals surface area contributed by atoms with Gasteiger partial charge in [-0.15, -0.1) is 0 Å². The van der Waals surface area contributed by atoms with Gasteiger partial charge >= 0.3 is 5.97 Å². The van der Waals surface area contributed by atoms with E-state index in [1.54, 1.807) is 0 Å². The maximum Gasteiger partial charge on any atom is 0.302 e. The molecule has 1 unspecified atom stereocenters. The second kappa shape index (κ2) is 7.65. The van der Waals surface area contributed by atoms with E-state index in [1.807, 2.05) is 0 Å². The number of unbranched alkanes of at least 4 members (excludes halogenated alkanes) is 1. The Morgan fingerprint density at radius 1 is 1.40 bits per heavy atom. The SMILES string of the molecule is CC(=O)OCCCCOCC1CCCO1. The molecule has 4 nitrogen and oxygen atoms in total. The first-order valence-corrected chi connectivity index (χ1v) is 5.62. The lowest BCUT2D eigenvalue weighted by Gasteiger charge is -2.09. The second-order valence-corrected chi connectivity index (χ2v) is 3.76. The summed E-state index contributed by atoms with van der Waals surface area (Å²) in [5.74, 6) is -0.213. The van der Waals surface area contributed by atoms with Gasteiger partial charge in [0, 0.05) is 20.1 Å². The van der Waals surface area contributed by atoms with E-state index >= 15 is 0 Å². The summed E-state index contributed by atoms with van der Waals surface area (Å²) < 4.78 is 15.7. The predicted molar refractivity (Wildman–Crippen MR) is 55.7 cm³/mol. The van der Waals surface area contributed by atoms with Crippen LogP contribution in [0.15, 0.2) is 0 Å². The van der Waals surface area contributed by atoms with Crippen molar-refractivity contribution in [1.82, 2.24) is 0 Å². The summed E-state index contributed by atoms with van der Waals surface area (Å²) in [5.41, 5.74) is 0. The molecule has 15 heavy (non-hydrogen) atoms. The fourth-order valence-electron chi connectivity index (χ4n) is 1.51. The average Bonchev–Trinajstić information content (AvgIpc) is 2.68. The highest BCUT2D eigenvalue weighted by molar-refractivity contribution is 5.65. The lowest BCUT2D eigenvalue weighted by atomic mass is 10.2. The molecule has 1 aliphatic heterocycles. The summed E-state index contributed by atoms with van der Waals surface area (Å²) in [6.07, 6.45) is 4.37. The average molecular weight is 216 g/mol. The van der Waals surface area contributed by atoms with E-state index in [4.69, 9.17) is 14.2 Å². The van der Waals surface area contributed by atoms with Gasteiger partial charge in [-0.3, -0.25) is 4.79 Å². The zero-order valence-corrected chi connectivity index (χ0v) is 9.37. The molecule has 0 aromatic carbocycles. The Labute approximate surface area is 90.9 Å². The maximum absolute atomic E-state index is 10.4. The van der Waals surface area contributed by atoms with E-state index in [9.17, 15) is 4.79 Å². The van der Waals surface area contributed by atoms with Crippen LogP contribution in [0.1, 0.15) is 32.6 Å². The van der Waals surface area contributed by atoms with Gasteiger partial charge in [0.25, 0.3) is 0 Å². The number of esters is 1. The molecule has 0 aromatic heterocycles. The molecular formula is C11H20O4. The van der Waals surface area contributed by atoms with Crippen LogP contribution in [-0.4, -0.2) is 38.5 Å². The van der Waals surface area contributed by atoms with Crippen LogP contribution in [0.2, 0.25) is 0 Å². The smallest absolute Gasteiger partial charge is 0.302 e. The van der Waals surface area contributed by atoms with Crippen LogP contribution in [0.4, 0.5) is 0 Å². The molecule has 88 valence electrons. The molecule has 0 amide bonds. The Kier molecular flexibility index (Phi) is 6.36. The van der Waals surface area contributed by atoms with E-state index in [0.717, 1.165) is 38.9 Å². The number of hydrogen-bond acceptors (Lipinski definition) is 4. The summed E-state index contributed by atoms with van der Waals surface area (Å²) in [7, 11) is 0. The Balaban J connectivity index is 1.78. The number of ether oxygens (including phenoxy) is 3. The van der Waals surface area contributed by atoms with Crippen molar-refractivity contribution >= 4 is 5.97 Å². The number of carbonyl (C=O) groups excluding carboxylic acids is 1. The van der Waals surface area contributed by atoms with Crippen LogP contribution in [0.25, 0.3) is 0 Å². The predicted octanol–water partition coefficient (Wildman–Crippen LogP) is 1.53. The van der Waals surface area contributed by atoms with Gasteiger partial charge in [0.2, 0.25) is 0 Å². The molecular weight excluding hydrogens is 196 g/mol. The lowest BCUT2D eigenvalue weighted by molar-refractivity contribution is -0.141. The van der Waals surface area contributed by atoms with Crippen LogP contribution < -0.4 is 0 Å². The van der Waals surface area contributed by atoms with Gasteiger partial charge in [0.05, 0.1) is 19.3 Å². The highest BCUT2D eigenvalue weighted by Gasteiger charge is 2.14. The third-order valence-electron chi connectivity index (χ3n) is 2.32. The molecule has 1 rings (SSSR count). The molecule has 0 saturated carbocycles. The molecule has 1 fully saturated rings. The minimum atomic E-state index is -0.213. The van der Waals surface area contributed by atoms with E-state index in [-0.39, 0.29) is 5.97 Å². The Hall–Kier alpha value is -0.610. The molecule has 0 spiro atoms. The molecule has 1 atom stereocenters. The van der Waals surface area contributed by atoms with Gasteiger partial charge in [-0.05, 0) is 25.7 Å². The molecule has 0 N–H and O–H groups in total. The van der Waals surface area contributed by atoms with Crippen LogP contribution >= 0.6 is 0 Å². The van der Waals surface area contributed by atoms with Gasteiger partial charge < -0.3 is 14.2 Å². The zero-order chi connectivity index (χ0) is 10.9. The maximum atomic E-state index is 10.4. The Bertz CT molecular complexity index is 175. The van der Waals surface area contributed by atoms with Crippen LogP contribution in [0.3, 0.4) is 0 Å². The largest absolute Gasteiger partial charge is 0.466 e. The standard InChI is InChI=1S/C11H20O4/c1-10(12)14-7-3-2-6-13-9-11-5-4-8-15-11/h11H,2-9H2,1H3. The molecule has 1 saturated heterocycles. The summed E-state index contributed by atoms with van der Waals surface area (Å²) >= 11 is 0. The van der Waals surface area contributed by atoms with Gasteiger partial charge in [-0.1, -0.05) is 0 Å². The lowest BCUT2D eigenvalue weighted by Crippen LogP contribution is -2.14. The summed E-state index contributed by atoms with van der Waals surface area (Å²) in [4.78, 5) is 10.4. The van der Waals surface area contributed by atoms with Crippen molar-refractivity contribution in [2.24, 2.45) is 0 Å². The van der Waals surface area contributed by atoms with Gasteiger partial charge in [-0.25, -0.2) is 0 Å². The molecule has 0 aromatic rings. The Morgan fingerprint density at radius 3 is 2.87 bits per heavy atom. The van der Waals surface area contributed by atoms with Crippen molar-refractivity contribution in [3.8, 4) is 0 Å². The number of hydrogen-bond donors (Lipinski definition) is 0. The van der Waals surface area contributed by atoms with Gasteiger partial charge in [0.1, 0.15) is 0 Å². The van der Waals surface area contributed by atoms with Crippen molar-refractivity contribution < 1.29 is 19.0 Å². The minimum absolute atomic E-state index is 0.213. The molecule has 4 heteroatoms. The minimum Gasteiger partial charge on any atom is -0.466 e. The van der Waals surface area contributed by atoms with E-state index in [0.29, 0.717) is 19.3 Å². The van der Waals surface area contributed by atoms with Crippen molar-refractivity contribution in [2.75, 3.05) is 26.4 Å². The fraction of sp³-hybridized carbons (Fsp3) is 0.909. The van der Waals surface area contributed by atoms with Gasteiger partial charge in [0.15, 0.2) is 0 Å². The third kappa shape index (κ3) is 6.47. The third-order valence-corrected chi connectivity index (χ3v) is 2.32. The van der Waals surface area contributed by atoms with E-state index in [1.165, 1.54) is 6.92 Å². The second-order valence-electron chi connectivity index (χ2n) is 3.76. The van der Waals surface area contributed by atoms with Gasteiger partial charge in [-0.2, -0.15) is 0 Å². The number of carbonyl (C=O) groups is 1. The van der Waals surface area contributed by atoms with Crippen LogP contribution in [0, 0.1) is 0 Å². The first-order valence-electron chi connectivity index (χ1n) is 5.62. The van der Waals surface area contributed by atoms with Crippen LogP contribution in [0.5, 0.6) is 0 Å². The van der Waals surface area contributed by atoms with E-state index in [2.05, 4.69) is 0 Å². The van der Waals surface area contributed by atoms with Crippen molar-refractivity contribution in [1.29, 1.82) is 0 Å².